The fourth-order valence-corrected chi connectivity index (χ4v) is 3.45. The Morgan fingerprint density at radius 2 is 2.38 bits per heavy atom. The molecule has 2 heteroatoms. The van der Waals surface area contributed by atoms with Crippen LogP contribution in [-0.2, 0) is 4.79 Å². The predicted molar refractivity (Wildman–Crippen MR) is 50.2 cm³/mol. The average molecular weight is 182 g/mol. The summed E-state index contributed by atoms with van der Waals surface area (Å²) in [6.07, 6.45) is 5.90. The van der Waals surface area contributed by atoms with Gasteiger partial charge in [-0.3, -0.25) is 0 Å². The molecule has 0 aromatic rings. The predicted octanol–water partition coefficient (Wildman–Crippen LogP) is 1.62. The number of carbonyl (C=O) groups excluding carboxylic acids is 1. The summed E-state index contributed by atoms with van der Waals surface area (Å²) < 4.78 is 0. The summed E-state index contributed by atoms with van der Waals surface area (Å²) in [6.45, 7) is 2.16. The Hall–Kier alpha value is -0.370. The highest BCUT2D eigenvalue weighted by Gasteiger charge is 2.53. The van der Waals surface area contributed by atoms with E-state index >= 15 is 0 Å². The minimum absolute atomic E-state index is 0.153. The van der Waals surface area contributed by atoms with Gasteiger partial charge in [-0.2, -0.15) is 0 Å². The first-order chi connectivity index (χ1) is 6.23. The molecule has 1 N–H and O–H groups in total. The third kappa shape index (κ3) is 1.15. The first-order valence-electron chi connectivity index (χ1n) is 5.30. The molecule has 0 radical (unpaired) electrons. The van der Waals surface area contributed by atoms with Crippen LogP contribution in [0.5, 0.6) is 0 Å². The molecular weight excluding hydrogens is 164 g/mol. The quantitative estimate of drug-likeness (QED) is 0.673. The molecule has 2 saturated carbocycles. The molecule has 0 aromatic heterocycles. The number of carbonyl (C=O) groups is 1. The maximum absolute atomic E-state index is 11.2. The third-order valence-electron chi connectivity index (χ3n) is 4.35. The van der Waals surface area contributed by atoms with Crippen molar-refractivity contribution in [1.82, 2.24) is 0 Å². The smallest absolute Gasteiger partial charge is 0.126 e. The third-order valence-corrected chi connectivity index (χ3v) is 4.35. The molecule has 0 aliphatic heterocycles. The Kier molecular flexibility index (Phi) is 2.18. The number of aliphatic hydroxyl groups excluding tert-OH is 1. The molecule has 74 valence electrons. The zero-order chi connectivity index (χ0) is 9.47. The van der Waals surface area contributed by atoms with E-state index in [1.165, 1.54) is 19.3 Å². The second-order valence-corrected chi connectivity index (χ2v) is 4.89. The van der Waals surface area contributed by atoms with Crippen molar-refractivity contribution in [1.29, 1.82) is 0 Å². The highest BCUT2D eigenvalue weighted by atomic mass is 16.3. The van der Waals surface area contributed by atoms with Crippen LogP contribution in [0.4, 0.5) is 0 Å². The van der Waals surface area contributed by atoms with Crippen molar-refractivity contribution >= 4 is 6.29 Å². The summed E-state index contributed by atoms with van der Waals surface area (Å²) in [7, 11) is 0. The van der Waals surface area contributed by atoms with E-state index in [4.69, 9.17) is 5.11 Å². The summed E-state index contributed by atoms with van der Waals surface area (Å²) in [5.41, 5.74) is -0.169. The lowest BCUT2D eigenvalue weighted by molar-refractivity contribution is -0.123. The molecule has 2 aliphatic carbocycles. The Morgan fingerprint density at radius 3 is 2.77 bits per heavy atom. The molecule has 2 aliphatic rings. The monoisotopic (exact) mass is 182 g/mol. The van der Waals surface area contributed by atoms with Gasteiger partial charge in [0.1, 0.15) is 6.29 Å². The second-order valence-electron chi connectivity index (χ2n) is 4.89. The van der Waals surface area contributed by atoms with Crippen LogP contribution in [0.2, 0.25) is 0 Å². The zero-order valence-electron chi connectivity index (χ0n) is 8.20. The van der Waals surface area contributed by atoms with Crippen LogP contribution in [0.15, 0.2) is 0 Å². The van der Waals surface area contributed by atoms with Gasteiger partial charge in [0, 0.05) is 12.0 Å². The minimum atomic E-state index is -0.169. The van der Waals surface area contributed by atoms with Gasteiger partial charge in [0.25, 0.3) is 0 Å². The maximum atomic E-state index is 11.2. The van der Waals surface area contributed by atoms with E-state index in [0.717, 1.165) is 18.6 Å². The number of rotatable bonds is 3. The lowest BCUT2D eigenvalue weighted by Gasteiger charge is -2.37. The molecule has 13 heavy (non-hydrogen) atoms. The molecule has 4 unspecified atom stereocenters. The Bertz CT molecular complexity index is 214. The van der Waals surface area contributed by atoms with Crippen LogP contribution in [0, 0.1) is 23.2 Å². The van der Waals surface area contributed by atoms with Gasteiger partial charge in [-0.25, -0.2) is 0 Å². The van der Waals surface area contributed by atoms with Gasteiger partial charge in [0.05, 0.1) is 0 Å². The van der Waals surface area contributed by atoms with Crippen molar-refractivity contribution in [3.8, 4) is 0 Å². The van der Waals surface area contributed by atoms with Crippen molar-refractivity contribution in [3.63, 3.8) is 0 Å². The van der Waals surface area contributed by atoms with Gasteiger partial charge in [-0.15, -0.1) is 0 Å². The van der Waals surface area contributed by atoms with E-state index in [1.807, 2.05) is 6.92 Å². The zero-order valence-corrected chi connectivity index (χ0v) is 8.20. The average Bonchev–Trinajstić information content (AvgIpc) is 2.75. The van der Waals surface area contributed by atoms with Crippen LogP contribution in [0.3, 0.4) is 0 Å². The summed E-state index contributed by atoms with van der Waals surface area (Å²) in [5.74, 6) is 1.49. The summed E-state index contributed by atoms with van der Waals surface area (Å²) in [6, 6.07) is 0. The topological polar surface area (TPSA) is 37.3 Å². The van der Waals surface area contributed by atoms with E-state index in [2.05, 4.69) is 0 Å². The minimum Gasteiger partial charge on any atom is -0.396 e. The Balaban J connectivity index is 2.21. The normalized spacial score (nSPS) is 45.1. The molecule has 2 fully saturated rings. The van der Waals surface area contributed by atoms with Crippen molar-refractivity contribution < 1.29 is 9.90 Å². The molecule has 4 atom stereocenters. The number of hydrogen-bond donors (Lipinski definition) is 1. The fraction of sp³-hybridized carbons (Fsp3) is 0.909. The summed E-state index contributed by atoms with van der Waals surface area (Å²) >= 11 is 0. The molecule has 0 saturated heterocycles. The van der Waals surface area contributed by atoms with Crippen molar-refractivity contribution in [2.24, 2.45) is 23.2 Å². The van der Waals surface area contributed by atoms with E-state index < -0.39 is 0 Å². The van der Waals surface area contributed by atoms with Crippen LogP contribution in [-0.4, -0.2) is 18.0 Å². The largest absolute Gasteiger partial charge is 0.396 e. The number of hydrogen-bond acceptors (Lipinski definition) is 2. The van der Waals surface area contributed by atoms with Gasteiger partial charge in [0.2, 0.25) is 0 Å². The standard InChI is InChI=1S/C11H18O2/c1-8(6-12)11(7-13)5-9-2-3-10(11)4-9/h7-10,12H,2-6H2,1H3. The second kappa shape index (κ2) is 3.09. The summed E-state index contributed by atoms with van der Waals surface area (Å²) in [5, 5.41) is 9.16. The van der Waals surface area contributed by atoms with Crippen molar-refractivity contribution in [2.45, 2.75) is 32.6 Å². The molecule has 2 bridgehead atoms. The number of aliphatic hydroxyl groups is 1. The van der Waals surface area contributed by atoms with Gasteiger partial charge in [-0.1, -0.05) is 13.3 Å². The number of aldehydes is 1. The highest BCUT2D eigenvalue weighted by molar-refractivity contribution is 5.62. The van der Waals surface area contributed by atoms with Crippen molar-refractivity contribution in [2.75, 3.05) is 6.61 Å². The van der Waals surface area contributed by atoms with E-state index in [1.54, 1.807) is 0 Å². The van der Waals surface area contributed by atoms with Crippen LogP contribution < -0.4 is 0 Å². The van der Waals surface area contributed by atoms with Crippen LogP contribution >= 0.6 is 0 Å². The molecule has 0 aromatic carbocycles. The molecule has 0 amide bonds. The first-order valence-corrected chi connectivity index (χ1v) is 5.30. The van der Waals surface area contributed by atoms with E-state index in [0.29, 0.717) is 5.92 Å². The molecule has 0 heterocycles. The molecular formula is C11H18O2. The lowest BCUT2D eigenvalue weighted by Crippen LogP contribution is -2.37. The maximum Gasteiger partial charge on any atom is 0.126 e. The van der Waals surface area contributed by atoms with Crippen molar-refractivity contribution in [3.05, 3.63) is 0 Å². The molecule has 2 nitrogen and oxygen atoms in total. The Labute approximate surface area is 79.3 Å². The van der Waals surface area contributed by atoms with Gasteiger partial charge >= 0.3 is 0 Å². The fourth-order valence-electron chi connectivity index (χ4n) is 3.45. The van der Waals surface area contributed by atoms with E-state index in [9.17, 15) is 4.79 Å². The van der Waals surface area contributed by atoms with Gasteiger partial charge in [0.15, 0.2) is 0 Å². The Morgan fingerprint density at radius 1 is 1.62 bits per heavy atom. The van der Waals surface area contributed by atoms with Gasteiger partial charge in [-0.05, 0) is 37.0 Å². The first kappa shape index (κ1) is 9.20. The lowest BCUT2D eigenvalue weighted by atomic mass is 9.67. The van der Waals surface area contributed by atoms with Gasteiger partial charge < -0.3 is 9.90 Å². The molecule has 0 spiro atoms. The van der Waals surface area contributed by atoms with E-state index in [-0.39, 0.29) is 17.9 Å². The number of fused-ring (bicyclic) bond motifs is 2. The molecule has 2 rings (SSSR count). The summed E-state index contributed by atoms with van der Waals surface area (Å²) in [4.78, 5) is 11.2. The SMILES string of the molecule is CC(CO)C1(C=O)CC2CCC1C2. The van der Waals surface area contributed by atoms with Crippen LogP contribution in [0.1, 0.15) is 32.6 Å². The highest BCUT2D eigenvalue weighted by Crippen LogP contribution is 2.58. The van der Waals surface area contributed by atoms with Crippen LogP contribution in [0.25, 0.3) is 0 Å².